The van der Waals surface area contributed by atoms with Crippen LogP contribution in [-0.2, 0) is 5.41 Å². The molecular weight excluding hydrogens is 305 g/mol. The van der Waals surface area contributed by atoms with Crippen LogP contribution in [0, 0.1) is 5.82 Å². The molecule has 1 N–H and O–H groups in total. The summed E-state index contributed by atoms with van der Waals surface area (Å²) in [6.07, 6.45) is 4.40. The molecule has 0 aromatic heterocycles. The number of rotatable bonds is 5. The van der Waals surface area contributed by atoms with Crippen molar-refractivity contribution in [2.24, 2.45) is 0 Å². The minimum absolute atomic E-state index is 0.0464. The highest BCUT2D eigenvalue weighted by Crippen LogP contribution is 2.41. The van der Waals surface area contributed by atoms with Crippen LogP contribution in [0.25, 0.3) is 0 Å². The van der Waals surface area contributed by atoms with Crippen molar-refractivity contribution in [3.63, 3.8) is 0 Å². The summed E-state index contributed by atoms with van der Waals surface area (Å²) in [5.41, 5.74) is 1.54. The van der Waals surface area contributed by atoms with Gasteiger partial charge in [-0.3, -0.25) is 4.79 Å². The van der Waals surface area contributed by atoms with Crippen molar-refractivity contribution in [2.75, 3.05) is 13.7 Å². The molecule has 0 spiro atoms. The van der Waals surface area contributed by atoms with Crippen LogP contribution in [0.3, 0.4) is 0 Å². The summed E-state index contributed by atoms with van der Waals surface area (Å²) in [7, 11) is 1.65. The van der Waals surface area contributed by atoms with Crippen molar-refractivity contribution in [3.05, 3.63) is 65.5 Å². The molecule has 1 aliphatic carbocycles. The number of methoxy groups -OCH3 is 1. The van der Waals surface area contributed by atoms with E-state index in [9.17, 15) is 9.18 Å². The van der Waals surface area contributed by atoms with Gasteiger partial charge in [0.25, 0.3) is 5.91 Å². The average molecular weight is 327 g/mol. The number of carbonyl (C=O) groups excluding carboxylic acids is 1. The van der Waals surface area contributed by atoms with Crippen molar-refractivity contribution >= 4 is 5.91 Å². The maximum Gasteiger partial charge on any atom is 0.251 e. The molecule has 0 unspecified atom stereocenters. The molecule has 3 rings (SSSR count). The van der Waals surface area contributed by atoms with Crippen molar-refractivity contribution in [1.29, 1.82) is 0 Å². The topological polar surface area (TPSA) is 38.3 Å². The first-order valence-corrected chi connectivity index (χ1v) is 8.31. The number of amides is 1. The van der Waals surface area contributed by atoms with Gasteiger partial charge in [-0.2, -0.15) is 0 Å². The predicted molar refractivity (Wildman–Crippen MR) is 91.9 cm³/mol. The lowest BCUT2D eigenvalue weighted by atomic mass is 9.78. The summed E-state index contributed by atoms with van der Waals surface area (Å²) in [4.78, 5) is 12.3. The molecule has 126 valence electrons. The summed E-state index contributed by atoms with van der Waals surface area (Å²) in [6, 6.07) is 13.9. The zero-order valence-electron chi connectivity index (χ0n) is 13.8. The second-order valence-corrected chi connectivity index (χ2v) is 6.41. The molecule has 3 nitrogen and oxygen atoms in total. The van der Waals surface area contributed by atoms with E-state index in [1.807, 2.05) is 12.1 Å². The number of halogens is 1. The van der Waals surface area contributed by atoms with Crippen LogP contribution in [0.5, 0.6) is 5.75 Å². The van der Waals surface area contributed by atoms with Gasteiger partial charge < -0.3 is 10.1 Å². The Labute approximate surface area is 141 Å². The summed E-state index contributed by atoms with van der Waals surface area (Å²) in [5.74, 6) is 0.207. The molecule has 0 saturated heterocycles. The van der Waals surface area contributed by atoms with Gasteiger partial charge in [0.05, 0.1) is 7.11 Å². The van der Waals surface area contributed by atoms with Crippen LogP contribution in [0.4, 0.5) is 4.39 Å². The molecule has 0 bridgehead atoms. The van der Waals surface area contributed by atoms with E-state index in [0.717, 1.165) is 31.4 Å². The van der Waals surface area contributed by atoms with Crippen LogP contribution in [-0.4, -0.2) is 19.6 Å². The Kier molecular flexibility index (Phi) is 4.84. The molecule has 0 aliphatic heterocycles. The highest BCUT2D eigenvalue weighted by atomic mass is 19.1. The number of nitrogens with one attached hydrogen (secondary N) is 1. The number of ether oxygens (including phenoxy) is 1. The summed E-state index contributed by atoms with van der Waals surface area (Å²) < 4.78 is 18.5. The van der Waals surface area contributed by atoms with Crippen molar-refractivity contribution < 1.29 is 13.9 Å². The van der Waals surface area contributed by atoms with E-state index in [-0.39, 0.29) is 11.3 Å². The van der Waals surface area contributed by atoms with E-state index in [4.69, 9.17) is 4.74 Å². The largest absolute Gasteiger partial charge is 0.497 e. The highest BCUT2D eigenvalue weighted by Gasteiger charge is 2.36. The van der Waals surface area contributed by atoms with Crippen LogP contribution in [0.15, 0.2) is 48.5 Å². The second-order valence-electron chi connectivity index (χ2n) is 6.41. The lowest BCUT2D eigenvalue weighted by Crippen LogP contribution is -2.39. The van der Waals surface area contributed by atoms with Gasteiger partial charge in [-0.15, -0.1) is 0 Å². The summed E-state index contributed by atoms with van der Waals surface area (Å²) in [6.45, 7) is 0.564. The van der Waals surface area contributed by atoms with E-state index >= 15 is 0 Å². The smallest absolute Gasteiger partial charge is 0.251 e. The normalized spacial score (nSPS) is 15.9. The van der Waals surface area contributed by atoms with E-state index in [1.165, 1.54) is 17.7 Å². The van der Waals surface area contributed by atoms with E-state index < -0.39 is 5.82 Å². The van der Waals surface area contributed by atoms with Crippen LogP contribution >= 0.6 is 0 Å². The molecule has 24 heavy (non-hydrogen) atoms. The van der Waals surface area contributed by atoms with Gasteiger partial charge in [-0.05, 0) is 48.7 Å². The second kappa shape index (κ2) is 7.04. The van der Waals surface area contributed by atoms with Gasteiger partial charge in [0.15, 0.2) is 0 Å². The predicted octanol–water partition coefficient (Wildman–Crippen LogP) is 4.08. The third-order valence-electron chi connectivity index (χ3n) is 4.94. The van der Waals surface area contributed by atoms with E-state index in [1.54, 1.807) is 19.2 Å². The first-order valence-electron chi connectivity index (χ1n) is 8.31. The van der Waals surface area contributed by atoms with E-state index in [2.05, 4.69) is 17.4 Å². The molecule has 2 aromatic rings. The fourth-order valence-electron chi connectivity index (χ4n) is 3.55. The monoisotopic (exact) mass is 327 g/mol. The number of carbonyl (C=O) groups is 1. The molecule has 0 radical (unpaired) electrons. The Hall–Kier alpha value is -2.36. The lowest BCUT2D eigenvalue weighted by molar-refractivity contribution is 0.0942. The molecular formula is C20H22FNO2. The molecule has 1 aliphatic rings. The Morgan fingerprint density at radius 3 is 2.50 bits per heavy atom. The fourth-order valence-corrected chi connectivity index (χ4v) is 3.55. The van der Waals surface area contributed by atoms with Crippen molar-refractivity contribution in [3.8, 4) is 5.75 Å². The van der Waals surface area contributed by atoms with Crippen LogP contribution in [0.2, 0.25) is 0 Å². The molecule has 4 heteroatoms. The molecule has 0 heterocycles. The third-order valence-corrected chi connectivity index (χ3v) is 4.94. The number of benzene rings is 2. The van der Waals surface area contributed by atoms with Gasteiger partial charge in [0.1, 0.15) is 11.6 Å². The van der Waals surface area contributed by atoms with Gasteiger partial charge >= 0.3 is 0 Å². The zero-order chi connectivity index (χ0) is 17.0. The summed E-state index contributed by atoms with van der Waals surface area (Å²) >= 11 is 0. The highest BCUT2D eigenvalue weighted by molar-refractivity contribution is 5.94. The first-order chi connectivity index (χ1) is 11.6. The molecule has 1 saturated carbocycles. The fraction of sp³-hybridized carbons (Fsp3) is 0.350. The van der Waals surface area contributed by atoms with Gasteiger partial charge in [0, 0.05) is 17.5 Å². The van der Waals surface area contributed by atoms with Crippen molar-refractivity contribution in [2.45, 2.75) is 31.1 Å². The zero-order valence-corrected chi connectivity index (χ0v) is 13.8. The Morgan fingerprint density at radius 2 is 1.88 bits per heavy atom. The summed E-state index contributed by atoms with van der Waals surface area (Å²) in [5, 5.41) is 3.00. The average Bonchev–Trinajstić information content (AvgIpc) is 3.10. The van der Waals surface area contributed by atoms with E-state index in [0.29, 0.717) is 12.1 Å². The molecule has 0 atom stereocenters. The minimum atomic E-state index is -0.395. The quantitative estimate of drug-likeness (QED) is 0.899. The molecule has 1 amide bonds. The van der Waals surface area contributed by atoms with Gasteiger partial charge in [-0.1, -0.05) is 31.0 Å². The minimum Gasteiger partial charge on any atom is -0.497 e. The lowest BCUT2D eigenvalue weighted by Gasteiger charge is -2.30. The third kappa shape index (κ3) is 3.42. The maximum absolute atomic E-state index is 13.3. The van der Waals surface area contributed by atoms with Crippen LogP contribution < -0.4 is 10.1 Å². The Balaban J connectivity index is 1.75. The first kappa shape index (κ1) is 16.5. The number of hydrogen-bond acceptors (Lipinski definition) is 2. The molecule has 1 fully saturated rings. The Bertz CT molecular complexity index is 706. The van der Waals surface area contributed by atoms with Gasteiger partial charge in [-0.25, -0.2) is 4.39 Å². The maximum atomic E-state index is 13.3. The SMILES string of the molecule is COc1ccc(C2(CNC(=O)c3cccc(F)c3)CCCC2)cc1. The van der Waals surface area contributed by atoms with Crippen molar-refractivity contribution in [1.82, 2.24) is 5.32 Å². The molecule has 2 aromatic carbocycles. The Morgan fingerprint density at radius 1 is 1.17 bits per heavy atom. The number of hydrogen-bond donors (Lipinski definition) is 1. The van der Waals surface area contributed by atoms with Crippen LogP contribution in [0.1, 0.15) is 41.6 Å². The van der Waals surface area contributed by atoms with Gasteiger partial charge in [0.2, 0.25) is 0 Å². The standard InChI is InChI=1S/C20H22FNO2/c1-24-18-9-7-16(8-10-18)20(11-2-3-12-20)14-22-19(23)15-5-4-6-17(21)13-15/h4-10,13H,2-3,11-12,14H2,1H3,(H,22,23).